The molecule has 1 aromatic carbocycles. The fraction of sp³-hybridized carbons (Fsp3) is 0.522. The van der Waals surface area contributed by atoms with Gasteiger partial charge in [0.25, 0.3) is 0 Å². The molecule has 146 valence electrons. The molecular weight excluding hydrogens is 352 g/mol. The van der Waals surface area contributed by atoms with Crippen molar-refractivity contribution >= 4 is 17.7 Å². The summed E-state index contributed by atoms with van der Waals surface area (Å²) in [5.74, 6) is 0.332. The molecule has 0 saturated carbocycles. The van der Waals surface area contributed by atoms with E-state index in [1.54, 1.807) is 0 Å². The third kappa shape index (κ3) is 5.19. The molecule has 0 atom stereocenters. The van der Waals surface area contributed by atoms with Crippen LogP contribution in [0.5, 0.6) is 0 Å². The Morgan fingerprint density at radius 1 is 1.15 bits per heavy atom. The van der Waals surface area contributed by atoms with E-state index in [0.717, 1.165) is 51.9 Å². The number of carbonyl (C=O) groups is 1. The zero-order valence-electron chi connectivity index (χ0n) is 17.0. The van der Waals surface area contributed by atoms with Crippen molar-refractivity contribution in [3.05, 3.63) is 52.1 Å². The molecule has 0 N–H and O–H groups in total. The maximum atomic E-state index is 12.3. The van der Waals surface area contributed by atoms with Gasteiger partial charge in [-0.3, -0.25) is 4.79 Å². The maximum Gasteiger partial charge on any atom is 0.222 e. The fourth-order valence-corrected chi connectivity index (χ4v) is 4.89. The number of thioether (sulfide) groups is 1. The third-order valence-electron chi connectivity index (χ3n) is 5.41. The fourth-order valence-electron chi connectivity index (χ4n) is 3.78. The van der Waals surface area contributed by atoms with Gasteiger partial charge in [0.15, 0.2) is 0 Å². The number of hydrogen-bond acceptors (Lipinski definition) is 3. The maximum absolute atomic E-state index is 12.3. The highest BCUT2D eigenvalue weighted by Gasteiger charge is 2.24. The van der Waals surface area contributed by atoms with Crippen LogP contribution in [0.2, 0.25) is 0 Å². The summed E-state index contributed by atoms with van der Waals surface area (Å²) in [6.45, 7) is 10.1. The van der Waals surface area contributed by atoms with E-state index in [-0.39, 0.29) is 0 Å². The van der Waals surface area contributed by atoms with Crippen LogP contribution in [0.15, 0.2) is 45.8 Å². The minimum atomic E-state index is 0.332. The summed E-state index contributed by atoms with van der Waals surface area (Å²) in [5, 5.41) is 0. The predicted molar refractivity (Wildman–Crippen MR) is 115 cm³/mol. The van der Waals surface area contributed by atoms with E-state index < -0.39 is 0 Å². The van der Waals surface area contributed by atoms with Crippen molar-refractivity contribution < 1.29 is 4.79 Å². The van der Waals surface area contributed by atoms with Gasteiger partial charge in [0.2, 0.25) is 5.91 Å². The number of amides is 1. The highest BCUT2D eigenvalue weighted by molar-refractivity contribution is 8.03. The molecular formula is C23H32N2OS. The largest absolute Gasteiger partial charge is 0.370 e. The second-order valence-corrected chi connectivity index (χ2v) is 8.68. The van der Waals surface area contributed by atoms with Crippen LogP contribution in [0, 0.1) is 13.8 Å². The van der Waals surface area contributed by atoms with E-state index in [1.807, 2.05) is 11.8 Å². The molecule has 2 aliphatic rings. The van der Waals surface area contributed by atoms with Gasteiger partial charge in [0, 0.05) is 48.1 Å². The summed E-state index contributed by atoms with van der Waals surface area (Å²) >= 11 is 1.89. The van der Waals surface area contributed by atoms with Gasteiger partial charge >= 0.3 is 0 Å². The molecule has 1 amide bonds. The van der Waals surface area contributed by atoms with Crippen molar-refractivity contribution in [2.24, 2.45) is 0 Å². The van der Waals surface area contributed by atoms with E-state index in [9.17, 15) is 4.79 Å². The lowest BCUT2D eigenvalue weighted by molar-refractivity contribution is -0.132. The second kappa shape index (κ2) is 9.50. The van der Waals surface area contributed by atoms with Crippen molar-refractivity contribution in [3.63, 3.8) is 0 Å². The Morgan fingerprint density at radius 3 is 2.63 bits per heavy atom. The minimum absolute atomic E-state index is 0.332. The number of piperazine rings is 1. The first-order chi connectivity index (χ1) is 13.1. The molecule has 0 spiro atoms. The summed E-state index contributed by atoms with van der Waals surface area (Å²) in [7, 11) is 0. The number of rotatable bonds is 6. The Bertz CT molecular complexity index is 730. The lowest BCUT2D eigenvalue weighted by atomic mass is 10.1. The highest BCUT2D eigenvalue weighted by Crippen LogP contribution is 2.37. The van der Waals surface area contributed by atoms with Crippen molar-refractivity contribution in [1.29, 1.82) is 0 Å². The number of carbonyl (C=O) groups excluding carboxylic acids is 1. The Labute approximate surface area is 168 Å². The van der Waals surface area contributed by atoms with E-state index in [1.165, 1.54) is 26.6 Å². The molecule has 1 saturated heterocycles. The molecule has 1 aromatic rings. The summed E-state index contributed by atoms with van der Waals surface area (Å²) in [6.07, 6.45) is 9.60. The Kier molecular flexibility index (Phi) is 7.06. The van der Waals surface area contributed by atoms with Gasteiger partial charge in [-0.2, -0.15) is 0 Å². The molecule has 0 radical (unpaired) electrons. The van der Waals surface area contributed by atoms with Crippen LogP contribution in [-0.2, 0) is 4.79 Å². The second-order valence-electron chi connectivity index (χ2n) is 7.59. The normalized spacial score (nSPS) is 17.6. The van der Waals surface area contributed by atoms with Gasteiger partial charge in [0.1, 0.15) is 0 Å². The highest BCUT2D eigenvalue weighted by atomic mass is 32.2. The molecule has 1 aliphatic heterocycles. The van der Waals surface area contributed by atoms with Gasteiger partial charge in [-0.15, -0.1) is 0 Å². The SMILES string of the molecule is CCCCC(=O)N1CCN(C2=C(Sc3ccc(C)cc3C)C=CCC2)CC1. The Balaban J connectivity index is 1.68. The van der Waals surface area contributed by atoms with Gasteiger partial charge < -0.3 is 9.80 Å². The van der Waals surface area contributed by atoms with Crippen LogP contribution in [-0.4, -0.2) is 41.9 Å². The minimum Gasteiger partial charge on any atom is -0.370 e. The van der Waals surface area contributed by atoms with Gasteiger partial charge in [0.05, 0.1) is 0 Å². The summed E-state index contributed by atoms with van der Waals surface area (Å²) in [6, 6.07) is 6.70. The van der Waals surface area contributed by atoms with E-state index >= 15 is 0 Å². The molecule has 3 rings (SSSR count). The first-order valence-corrected chi connectivity index (χ1v) is 11.1. The number of hydrogen-bond donors (Lipinski definition) is 0. The molecule has 0 bridgehead atoms. The predicted octanol–water partition coefficient (Wildman–Crippen LogP) is 5.29. The number of benzene rings is 1. The van der Waals surface area contributed by atoms with Crippen molar-refractivity contribution in [1.82, 2.24) is 9.80 Å². The summed E-state index contributed by atoms with van der Waals surface area (Å²) in [4.78, 5) is 19.6. The van der Waals surface area contributed by atoms with Crippen LogP contribution < -0.4 is 0 Å². The first kappa shape index (κ1) is 20.1. The van der Waals surface area contributed by atoms with Crippen LogP contribution >= 0.6 is 11.8 Å². The lowest BCUT2D eigenvalue weighted by Gasteiger charge is -2.38. The molecule has 1 heterocycles. The molecule has 27 heavy (non-hydrogen) atoms. The zero-order valence-corrected chi connectivity index (χ0v) is 17.8. The third-order valence-corrected chi connectivity index (χ3v) is 6.68. The van der Waals surface area contributed by atoms with Crippen LogP contribution in [0.25, 0.3) is 0 Å². The Hall–Kier alpha value is -1.68. The summed E-state index contributed by atoms with van der Waals surface area (Å²) in [5.41, 5.74) is 4.12. The average molecular weight is 385 g/mol. The number of nitrogens with zero attached hydrogens (tertiary/aromatic N) is 2. The van der Waals surface area contributed by atoms with Gasteiger partial charge in [-0.05, 0) is 44.7 Å². The number of unbranched alkanes of at least 4 members (excludes halogenated alkanes) is 1. The van der Waals surface area contributed by atoms with Gasteiger partial charge in [-0.25, -0.2) is 0 Å². The van der Waals surface area contributed by atoms with Crippen LogP contribution in [0.1, 0.15) is 50.2 Å². The molecule has 0 unspecified atom stereocenters. The van der Waals surface area contributed by atoms with Gasteiger partial charge in [-0.1, -0.05) is 55.0 Å². The summed E-state index contributed by atoms with van der Waals surface area (Å²) < 4.78 is 0. The van der Waals surface area contributed by atoms with Crippen molar-refractivity contribution in [2.75, 3.05) is 26.2 Å². The Morgan fingerprint density at radius 2 is 1.93 bits per heavy atom. The van der Waals surface area contributed by atoms with E-state index in [2.05, 4.69) is 60.9 Å². The monoisotopic (exact) mass is 384 g/mol. The molecule has 4 heteroatoms. The van der Waals surface area contributed by atoms with E-state index in [0.29, 0.717) is 12.3 Å². The first-order valence-electron chi connectivity index (χ1n) is 10.3. The van der Waals surface area contributed by atoms with Crippen molar-refractivity contribution in [2.45, 2.75) is 57.8 Å². The standard InChI is InChI=1S/C23H32N2OS/c1-4-5-10-23(26)25-15-13-24(14-16-25)20-8-6-7-9-22(20)27-21-12-11-18(2)17-19(21)3/h7,9,11-12,17H,4-6,8,10,13-16H2,1-3H3. The molecule has 0 aromatic heterocycles. The smallest absolute Gasteiger partial charge is 0.222 e. The van der Waals surface area contributed by atoms with Crippen molar-refractivity contribution in [3.8, 4) is 0 Å². The number of allylic oxidation sites excluding steroid dienone is 3. The topological polar surface area (TPSA) is 23.6 Å². The number of aryl methyl sites for hydroxylation is 2. The molecule has 3 nitrogen and oxygen atoms in total. The lowest BCUT2D eigenvalue weighted by Crippen LogP contribution is -2.48. The quantitative estimate of drug-likeness (QED) is 0.666. The van der Waals surface area contributed by atoms with E-state index in [4.69, 9.17) is 0 Å². The average Bonchev–Trinajstić information content (AvgIpc) is 2.69. The molecule has 1 fully saturated rings. The molecule has 1 aliphatic carbocycles. The van der Waals surface area contributed by atoms with Crippen LogP contribution in [0.4, 0.5) is 0 Å². The zero-order chi connectivity index (χ0) is 19.2. The van der Waals surface area contributed by atoms with Crippen LogP contribution in [0.3, 0.4) is 0 Å².